The first-order valence-electron chi connectivity index (χ1n) is 10.6. The van der Waals surface area contributed by atoms with Gasteiger partial charge in [-0.15, -0.1) is 11.3 Å². The number of nitrogens with one attached hydrogen (secondary N) is 1. The summed E-state index contributed by atoms with van der Waals surface area (Å²) in [6.07, 6.45) is -1.69. The Morgan fingerprint density at radius 3 is 2.63 bits per heavy atom. The van der Waals surface area contributed by atoms with Crippen LogP contribution >= 0.6 is 11.3 Å². The maximum atomic E-state index is 15.6. The molecule has 0 radical (unpaired) electrons. The second kappa shape index (κ2) is 8.92. The molecule has 0 saturated heterocycles. The number of amides is 1. The molecule has 35 heavy (non-hydrogen) atoms. The van der Waals surface area contributed by atoms with E-state index in [-0.39, 0.29) is 17.7 Å². The van der Waals surface area contributed by atoms with Crippen LogP contribution in [0.25, 0.3) is 22.0 Å². The summed E-state index contributed by atoms with van der Waals surface area (Å²) in [5.41, 5.74) is 1.02. The highest BCUT2D eigenvalue weighted by Gasteiger charge is 2.38. The van der Waals surface area contributed by atoms with E-state index >= 15 is 4.39 Å². The number of rotatable bonds is 5. The van der Waals surface area contributed by atoms with Gasteiger partial charge in [0.1, 0.15) is 11.6 Å². The molecule has 1 saturated carbocycles. The summed E-state index contributed by atoms with van der Waals surface area (Å²) in [4.78, 5) is 35.0. The number of aromatic amines is 1. The molecule has 0 bridgehead atoms. The number of H-pyrrole nitrogens is 1. The van der Waals surface area contributed by atoms with Crippen molar-refractivity contribution in [2.24, 2.45) is 17.1 Å². The summed E-state index contributed by atoms with van der Waals surface area (Å²) in [5.74, 6) is 3.77. The second-order valence-corrected chi connectivity index (χ2v) is 9.97. The summed E-state index contributed by atoms with van der Waals surface area (Å²) in [6.45, 7) is 2.92. The molecule has 0 aliphatic heterocycles. The molecule has 0 atom stereocenters. The molecular weight excluding hydrogens is 484 g/mol. The number of carbonyl (C=O) groups excluding carboxylic acids is 1. The Morgan fingerprint density at radius 2 is 2.00 bits per heavy atom. The molecule has 0 spiro atoms. The number of thiazole rings is 1. The number of alkyl halides is 3. The first-order chi connectivity index (χ1) is 16.3. The van der Waals surface area contributed by atoms with Gasteiger partial charge in [0, 0.05) is 23.6 Å². The van der Waals surface area contributed by atoms with Gasteiger partial charge in [0.05, 0.1) is 21.7 Å². The third-order valence-electron chi connectivity index (χ3n) is 5.52. The van der Waals surface area contributed by atoms with Crippen molar-refractivity contribution in [3.05, 3.63) is 56.7 Å². The van der Waals surface area contributed by atoms with E-state index in [0.29, 0.717) is 21.9 Å². The van der Waals surface area contributed by atoms with Crippen molar-refractivity contribution in [1.29, 1.82) is 0 Å². The molecule has 1 aromatic carbocycles. The van der Waals surface area contributed by atoms with Crippen LogP contribution in [0.15, 0.2) is 29.2 Å². The van der Waals surface area contributed by atoms with Crippen LogP contribution in [0.1, 0.15) is 42.8 Å². The molecule has 3 N–H and O–H groups in total. The van der Waals surface area contributed by atoms with Gasteiger partial charge in [0.15, 0.2) is 5.01 Å². The lowest BCUT2D eigenvalue weighted by atomic mass is 9.84. The smallest absolute Gasteiger partial charge is 0.369 e. The number of benzene rings is 1. The van der Waals surface area contributed by atoms with Crippen molar-refractivity contribution in [3.8, 4) is 33.8 Å². The predicted octanol–water partition coefficient (Wildman–Crippen LogP) is 4.53. The number of nitrogens with two attached hydrogens (primary N) is 1. The van der Waals surface area contributed by atoms with Gasteiger partial charge in [0.25, 0.3) is 5.56 Å². The largest absolute Gasteiger partial charge is 0.417 e. The van der Waals surface area contributed by atoms with Crippen LogP contribution in [0.3, 0.4) is 0 Å². The minimum absolute atomic E-state index is 0.0381. The van der Waals surface area contributed by atoms with Crippen LogP contribution in [0.4, 0.5) is 17.6 Å². The van der Waals surface area contributed by atoms with Gasteiger partial charge in [-0.3, -0.25) is 9.59 Å². The highest BCUT2D eigenvalue weighted by Crippen LogP contribution is 2.40. The highest BCUT2D eigenvalue weighted by atomic mass is 32.1. The van der Waals surface area contributed by atoms with Gasteiger partial charge in [-0.1, -0.05) is 25.8 Å². The zero-order valence-electron chi connectivity index (χ0n) is 18.7. The SMILES string of the molecule is CC(C)(Cc1ccc(C(F)(F)F)c(-c2nc(-c3cnc(C#CC4CC4)s3)cc(=O)[nH]2)c1F)C(N)=O. The van der Waals surface area contributed by atoms with E-state index in [2.05, 4.69) is 26.8 Å². The third kappa shape index (κ3) is 5.43. The van der Waals surface area contributed by atoms with Crippen LogP contribution < -0.4 is 11.3 Å². The molecule has 0 unspecified atom stereocenters. The zero-order valence-corrected chi connectivity index (χ0v) is 19.5. The number of hydrogen-bond acceptors (Lipinski definition) is 5. The highest BCUT2D eigenvalue weighted by molar-refractivity contribution is 7.15. The maximum absolute atomic E-state index is 15.6. The van der Waals surface area contributed by atoms with Crippen molar-refractivity contribution >= 4 is 17.2 Å². The number of nitrogens with zero attached hydrogens (tertiary/aromatic N) is 2. The van der Waals surface area contributed by atoms with E-state index in [1.807, 2.05) is 0 Å². The molecule has 1 fully saturated rings. The minimum Gasteiger partial charge on any atom is -0.369 e. The number of halogens is 4. The van der Waals surface area contributed by atoms with Gasteiger partial charge < -0.3 is 10.7 Å². The fourth-order valence-corrected chi connectivity index (χ4v) is 4.07. The van der Waals surface area contributed by atoms with Crippen molar-refractivity contribution in [2.75, 3.05) is 0 Å². The Hall–Kier alpha value is -3.52. The normalized spacial score (nSPS) is 13.9. The standard InChI is InChI=1S/C24H20F4N4O2S/c1-23(2,22(29)34)10-13-6-7-14(24(26,27)28)19(20(13)25)21-31-15(9-17(33)32-21)16-11-30-18(35-16)8-5-12-3-4-12/h6-7,9,11-12H,3-4,10H2,1-2H3,(H2,29,34)(H,31,32,33). The van der Waals surface area contributed by atoms with Gasteiger partial charge in [0.2, 0.25) is 5.91 Å². The minimum atomic E-state index is -4.93. The molecule has 2 aromatic heterocycles. The average Bonchev–Trinajstić information content (AvgIpc) is 3.47. The molecule has 3 aromatic rings. The first kappa shape index (κ1) is 24.6. The van der Waals surface area contributed by atoms with Crippen LogP contribution in [0, 0.1) is 29.0 Å². The van der Waals surface area contributed by atoms with E-state index in [1.165, 1.54) is 20.0 Å². The lowest BCUT2D eigenvalue weighted by molar-refractivity contribution is -0.137. The quantitative estimate of drug-likeness (QED) is 0.394. The lowest BCUT2D eigenvalue weighted by Gasteiger charge is -2.22. The van der Waals surface area contributed by atoms with E-state index < -0.39 is 45.8 Å². The number of hydrogen-bond donors (Lipinski definition) is 2. The molecule has 4 rings (SSSR count). The summed E-state index contributed by atoms with van der Waals surface area (Å²) < 4.78 is 57.0. The molecule has 2 heterocycles. The topological polar surface area (TPSA) is 102 Å². The van der Waals surface area contributed by atoms with Gasteiger partial charge >= 0.3 is 6.18 Å². The molecular formula is C24H20F4N4O2S. The van der Waals surface area contributed by atoms with Crippen LogP contribution in [0.5, 0.6) is 0 Å². The number of primary amides is 1. The van der Waals surface area contributed by atoms with Crippen molar-refractivity contribution in [2.45, 2.75) is 39.3 Å². The van der Waals surface area contributed by atoms with Gasteiger partial charge in [-0.2, -0.15) is 13.2 Å². The monoisotopic (exact) mass is 504 g/mol. The Bertz CT molecular complexity index is 1430. The Kier molecular flexibility index (Phi) is 6.27. The molecule has 182 valence electrons. The first-order valence-corrected chi connectivity index (χ1v) is 11.4. The van der Waals surface area contributed by atoms with Crippen LogP contribution in [0.2, 0.25) is 0 Å². The molecule has 1 amide bonds. The number of aromatic nitrogens is 3. The predicted molar refractivity (Wildman–Crippen MR) is 123 cm³/mol. The third-order valence-corrected chi connectivity index (χ3v) is 6.46. The average molecular weight is 505 g/mol. The Balaban J connectivity index is 1.83. The second-order valence-electron chi connectivity index (χ2n) is 8.94. The zero-order chi connectivity index (χ0) is 25.5. The molecule has 1 aliphatic carbocycles. The fourth-order valence-electron chi connectivity index (χ4n) is 3.33. The lowest BCUT2D eigenvalue weighted by Crippen LogP contribution is -2.33. The number of carbonyl (C=O) groups is 1. The van der Waals surface area contributed by atoms with E-state index in [4.69, 9.17) is 5.73 Å². The molecule has 6 nitrogen and oxygen atoms in total. The summed E-state index contributed by atoms with van der Waals surface area (Å²) >= 11 is 1.13. The van der Waals surface area contributed by atoms with E-state index in [9.17, 15) is 22.8 Å². The van der Waals surface area contributed by atoms with E-state index in [1.54, 1.807) is 0 Å². The Labute approximate surface area is 201 Å². The maximum Gasteiger partial charge on any atom is 0.417 e. The summed E-state index contributed by atoms with van der Waals surface area (Å²) in [6, 6.07) is 2.76. The molecule has 1 aliphatic rings. The fraction of sp³-hybridized carbons (Fsp3) is 0.333. The van der Waals surface area contributed by atoms with Crippen molar-refractivity contribution < 1.29 is 22.4 Å². The molecule has 11 heteroatoms. The van der Waals surface area contributed by atoms with Crippen molar-refractivity contribution in [3.63, 3.8) is 0 Å². The van der Waals surface area contributed by atoms with Crippen LogP contribution in [-0.4, -0.2) is 20.9 Å². The van der Waals surface area contributed by atoms with Crippen LogP contribution in [-0.2, 0) is 17.4 Å². The van der Waals surface area contributed by atoms with Gasteiger partial charge in [-0.05, 0) is 36.8 Å². The van der Waals surface area contributed by atoms with Gasteiger partial charge in [-0.25, -0.2) is 14.4 Å². The summed E-state index contributed by atoms with van der Waals surface area (Å²) in [5, 5.41) is 0.480. The van der Waals surface area contributed by atoms with E-state index in [0.717, 1.165) is 36.3 Å². The summed E-state index contributed by atoms with van der Waals surface area (Å²) in [7, 11) is 0. The van der Waals surface area contributed by atoms with Crippen molar-refractivity contribution in [1.82, 2.24) is 15.0 Å². The Morgan fingerprint density at radius 1 is 1.29 bits per heavy atom.